The molecule has 1 heterocycles. The Morgan fingerprint density at radius 3 is 2.42 bits per heavy atom. The molecule has 0 unspecified atom stereocenters. The summed E-state index contributed by atoms with van der Waals surface area (Å²) in [6, 6.07) is 16.4. The Morgan fingerprint density at radius 2 is 1.71 bits per heavy atom. The molecule has 0 aliphatic heterocycles. The van der Waals surface area contributed by atoms with Crippen LogP contribution >= 0.6 is 0 Å². The number of aliphatic hydroxyl groups excluding tert-OH is 1. The number of hydrogen-bond donors (Lipinski definition) is 1. The van der Waals surface area contributed by atoms with E-state index in [0.717, 1.165) is 23.1 Å². The summed E-state index contributed by atoms with van der Waals surface area (Å²) in [5, 5.41) is 9.90. The van der Waals surface area contributed by atoms with Gasteiger partial charge in [-0.25, -0.2) is 12.4 Å². The number of fused-ring (bicyclic) bond motifs is 1. The average Bonchev–Trinajstić information content (AvgIpc) is 2.94. The molecule has 3 aromatic rings. The summed E-state index contributed by atoms with van der Waals surface area (Å²) < 4.78 is 27.8. The van der Waals surface area contributed by atoms with Crippen molar-refractivity contribution >= 4 is 20.9 Å². The molecule has 0 fully saturated rings. The highest BCUT2D eigenvalue weighted by Gasteiger charge is 2.22. The molecule has 126 valence electrons. The van der Waals surface area contributed by atoms with Crippen LogP contribution in [-0.4, -0.2) is 24.1 Å². The van der Waals surface area contributed by atoms with Crippen molar-refractivity contribution in [2.75, 3.05) is 6.61 Å². The van der Waals surface area contributed by atoms with E-state index in [0.29, 0.717) is 18.4 Å². The van der Waals surface area contributed by atoms with Crippen molar-refractivity contribution in [2.24, 2.45) is 0 Å². The fourth-order valence-corrected chi connectivity index (χ4v) is 4.45. The van der Waals surface area contributed by atoms with Crippen molar-refractivity contribution < 1.29 is 13.5 Å². The molecular weight excluding hydrogens is 322 g/mol. The summed E-state index contributed by atoms with van der Waals surface area (Å²) in [6.45, 7) is 2.05. The Bertz CT molecular complexity index is 940. The van der Waals surface area contributed by atoms with Gasteiger partial charge in [0.15, 0.2) is 0 Å². The second-order valence-corrected chi connectivity index (χ2v) is 7.74. The van der Waals surface area contributed by atoms with Crippen molar-refractivity contribution in [3.63, 3.8) is 0 Å². The van der Waals surface area contributed by atoms with Crippen LogP contribution < -0.4 is 0 Å². The smallest absolute Gasteiger partial charge is 0.268 e. The molecular formula is C19H21NO3S. The summed E-state index contributed by atoms with van der Waals surface area (Å²) in [5.74, 6) is 0. The number of aryl methyl sites for hydroxylation is 2. The maximum absolute atomic E-state index is 13.2. The minimum Gasteiger partial charge on any atom is -0.396 e. The first kappa shape index (κ1) is 16.7. The van der Waals surface area contributed by atoms with Crippen LogP contribution in [0.15, 0.2) is 59.5 Å². The Morgan fingerprint density at radius 1 is 1.00 bits per heavy atom. The minimum absolute atomic E-state index is 0.116. The molecule has 0 atom stereocenters. The van der Waals surface area contributed by atoms with E-state index in [2.05, 4.69) is 0 Å². The summed E-state index contributed by atoms with van der Waals surface area (Å²) in [7, 11) is -3.65. The van der Waals surface area contributed by atoms with Crippen LogP contribution in [0.4, 0.5) is 0 Å². The quantitative estimate of drug-likeness (QED) is 0.697. The largest absolute Gasteiger partial charge is 0.396 e. The summed E-state index contributed by atoms with van der Waals surface area (Å²) in [6.07, 6.45) is 2.02. The van der Waals surface area contributed by atoms with Crippen molar-refractivity contribution in [1.29, 1.82) is 0 Å². The van der Waals surface area contributed by atoms with E-state index >= 15 is 0 Å². The van der Waals surface area contributed by atoms with E-state index < -0.39 is 10.0 Å². The van der Waals surface area contributed by atoms with Crippen LogP contribution in [0, 0.1) is 6.92 Å². The Kier molecular flexibility index (Phi) is 4.73. The number of aromatic nitrogens is 1. The van der Waals surface area contributed by atoms with E-state index in [4.69, 9.17) is 5.11 Å². The lowest BCUT2D eigenvalue weighted by atomic mass is 10.2. The maximum atomic E-state index is 13.2. The average molecular weight is 343 g/mol. The summed E-state index contributed by atoms with van der Waals surface area (Å²) in [4.78, 5) is 0.290. The topological polar surface area (TPSA) is 59.3 Å². The van der Waals surface area contributed by atoms with E-state index in [1.54, 1.807) is 12.1 Å². The third kappa shape index (κ3) is 3.09. The zero-order chi connectivity index (χ0) is 17.2. The van der Waals surface area contributed by atoms with Crippen molar-refractivity contribution in [1.82, 2.24) is 3.97 Å². The predicted molar refractivity (Wildman–Crippen MR) is 95.7 cm³/mol. The molecule has 3 rings (SSSR count). The highest BCUT2D eigenvalue weighted by atomic mass is 32.2. The Hall–Kier alpha value is -2.11. The molecule has 0 spiro atoms. The number of rotatable bonds is 6. The molecule has 0 radical (unpaired) electrons. The fraction of sp³-hybridized carbons (Fsp3) is 0.263. The molecule has 0 aliphatic rings. The first-order chi connectivity index (χ1) is 11.5. The number of benzene rings is 2. The highest BCUT2D eigenvalue weighted by molar-refractivity contribution is 7.90. The second-order valence-electron chi connectivity index (χ2n) is 5.96. The summed E-state index contributed by atoms with van der Waals surface area (Å²) >= 11 is 0. The molecule has 5 heteroatoms. The molecule has 24 heavy (non-hydrogen) atoms. The molecule has 1 N–H and O–H groups in total. The Balaban J connectivity index is 2.15. The standard InChI is InChI=1S/C19H21NO3S/c1-15-9-11-18(12-10-15)24(22,23)20-17(7-4-5-13-21)14-16-6-2-3-8-19(16)20/h2-3,6,8-12,14,21H,4-5,7,13H2,1H3. The van der Waals surface area contributed by atoms with Crippen LogP contribution in [-0.2, 0) is 16.4 Å². The van der Waals surface area contributed by atoms with Crippen molar-refractivity contribution in [3.05, 3.63) is 65.9 Å². The third-order valence-corrected chi connectivity index (χ3v) is 5.92. The van der Waals surface area contributed by atoms with Crippen LogP contribution in [0.3, 0.4) is 0 Å². The van der Waals surface area contributed by atoms with Crippen LogP contribution in [0.25, 0.3) is 10.9 Å². The molecule has 4 nitrogen and oxygen atoms in total. The van der Waals surface area contributed by atoms with Gasteiger partial charge >= 0.3 is 0 Å². The number of nitrogens with zero attached hydrogens (tertiary/aromatic N) is 1. The molecule has 0 saturated carbocycles. The van der Waals surface area contributed by atoms with Gasteiger partial charge in [0, 0.05) is 17.7 Å². The zero-order valence-corrected chi connectivity index (χ0v) is 14.5. The van der Waals surface area contributed by atoms with Gasteiger partial charge in [-0.05, 0) is 50.5 Å². The van der Waals surface area contributed by atoms with Gasteiger partial charge in [-0.1, -0.05) is 35.9 Å². The lowest BCUT2D eigenvalue weighted by molar-refractivity contribution is 0.284. The van der Waals surface area contributed by atoms with Crippen molar-refractivity contribution in [2.45, 2.75) is 31.1 Å². The number of aliphatic hydroxyl groups is 1. The fourth-order valence-electron chi connectivity index (χ4n) is 2.88. The molecule has 2 aromatic carbocycles. The number of hydrogen-bond acceptors (Lipinski definition) is 3. The van der Waals surface area contributed by atoms with Crippen LogP contribution in [0.5, 0.6) is 0 Å². The molecule has 0 saturated heterocycles. The molecule has 1 aromatic heterocycles. The lowest BCUT2D eigenvalue weighted by Gasteiger charge is -2.12. The monoisotopic (exact) mass is 343 g/mol. The maximum Gasteiger partial charge on any atom is 0.268 e. The normalized spacial score (nSPS) is 11.9. The van der Waals surface area contributed by atoms with E-state index in [9.17, 15) is 8.42 Å². The zero-order valence-electron chi connectivity index (χ0n) is 13.6. The third-order valence-electron chi connectivity index (χ3n) is 4.14. The van der Waals surface area contributed by atoms with E-state index in [-0.39, 0.29) is 11.5 Å². The van der Waals surface area contributed by atoms with Crippen molar-refractivity contribution in [3.8, 4) is 0 Å². The van der Waals surface area contributed by atoms with Crippen LogP contribution in [0.2, 0.25) is 0 Å². The lowest BCUT2D eigenvalue weighted by Crippen LogP contribution is -2.15. The second kappa shape index (κ2) is 6.79. The van der Waals surface area contributed by atoms with E-state index in [1.807, 2.05) is 49.4 Å². The Labute approximate surface area is 142 Å². The number of para-hydroxylation sites is 1. The molecule has 0 aliphatic carbocycles. The first-order valence-corrected chi connectivity index (χ1v) is 9.50. The van der Waals surface area contributed by atoms with Crippen LogP contribution in [0.1, 0.15) is 24.1 Å². The summed E-state index contributed by atoms with van der Waals surface area (Å²) in [5.41, 5.74) is 2.47. The minimum atomic E-state index is -3.65. The molecule has 0 amide bonds. The van der Waals surface area contributed by atoms with Gasteiger partial charge in [0.25, 0.3) is 10.0 Å². The van der Waals surface area contributed by atoms with Gasteiger partial charge in [0.1, 0.15) is 0 Å². The highest BCUT2D eigenvalue weighted by Crippen LogP contribution is 2.27. The predicted octanol–water partition coefficient (Wildman–Crippen LogP) is 3.50. The van der Waals surface area contributed by atoms with Gasteiger partial charge in [0.2, 0.25) is 0 Å². The van der Waals surface area contributed by atoms with Gasteiger partial charge in [0.05, 0.1) is 10.4 Å². The van der Waals surface area contributed by atoms with E-state index in [1.165, 1.54) is 3.97 Å². The first-order valence-electron chi connectivity index (χ1n) is 8.06. The van der Waals surface area contributed by atoms with Gasteiger partial charge in [-0.2, -0.15) is 0 Å². The molecule has 0 bridgehead atoms. The van der Waals surface area contributed by atoms with Gasteiger partial charge in [-0.3, -0.25) is 0 Å². The number of unbranched alkanes of at least 4 members (excludes halogenated alkanes) is 1. The van der Waals surface area contributed by atoms with Gasteiger partial charge in [-0.15, -0.1) is 0 Å². The van der Waals surface area contributed by atoms with Gasteiger partial charge < -0.3 is 5.11 Å². The SMILES string of the molecule is Cc1ccc(S(=O)(=O)n2c(CCCCO)cc3ccccc32)cc1.